The Kier molecular flexibility index (Phi) is 4.24. The highest BCUT2D eigenvalue weighted by atomic mass is 35.5. The minimum atomic E-state index is -4.85. The first-order valence-electron chi connectivity index (χ1n) is 7.19. The zero-order valence-electron chi connectivity index (χ0n) is 12.4. The number of rotatable bonds is 3. The summed E-state index contributed by atoms with van der Waals surface area (Å²) in [5, 5.41) is 11.5. The Bertz CT molecular complexity index is 864. The Labute approximate surface area is 141 Å². The maximum atomic E-state index is 13.6. The summed E-state index contributed by atoms with van der Waals surface area (Å²) in [6.07, 6.45) is -5.53. The number of fused-ring (bicyclic) bond motifs is 1. The van der Waals surface area contributed by atoms with Gasteiger partial charge in [-0.3, -0.25) is 4.98 Å². The Hall–Kier alpha value is -2.11. The van der Waals surface area contributed by atoms with Gasteiger partial charge in [0.15, 0.2) is 5.60 Å². The Balaban J connectivity index is 2.04. The van der Waals surface area contributed by atoms with Gasteiger partial charge < -0.3 is 5.11 Å². The van der Waals surface area contributed by atoms with Gasteiger partial charge in [-0.25, -0.2) is 0 Å². The Morgan fingerprint density at radius 1 is 0.917 bits per heavy atom. The zero-order valence-corrected chi connectivity index (χ0v) is 13.1. The molecule has 0 saturated carbocycles. The van der Waals surface area contributed by atoms with Gasteiger partial charge in [0.2, 0.25) is 0 Å². The summed E-state index contributed by atoms with van der Waals surface area (Å²) < 4.78 is 40.7. The van der Waals surface area contributed by atoms with Gasteiger partial charge in [-0.15, -0.1) is 0 Å². The molecule has 0 saturated heterocycles. The molecule has 0 spiro atoms. The first kappa shape index (κ1) is 16.7. The number of pyridine rings is 1. The lowest BCUT2D eigenvalue weighted by Gasteiger charge is -2.31. The van der Waals surface area contributed by atoms with Crippen LogP contribution in [0, 0.1) is 0 Å². The molecule has 3 rings (SSSR count). The van der Waals surface area contributed by atoms with E-state index < -0.39 is 18.2 Å². The minimum Gasteiger partial charge on any atom is -0.376 e. The van der Waals surface area contributed by atoms with Crippen LogP contribution in [0.25, 0.3) is 10.9 Å². The van der Waals surface area contributed by atoms with Crippen molar-refractivity contribution in [1.29, 1.82) is 0 Å². The van der Waals surface area contributed by atoms with Crippen molar-refractivity contribution in [3.8, 4) is 0 Å². The summed E-state index contributed by atoms with van der Waals surface area (Å²) in [5.74, 6) is 0. The van der Waals surface area contributed by atoms with Crippen LogP contribution < -0.4 is 0 Å². The van der Waals surface area contributed by atoms with Crippen molar-refractivity contribution in [2.45, 2.75) is 18.2 Å². The second-order valence-corrected chi connectivity index (χ2v) is 5.97. The molecular formula is C18H13ClF3NO. The van der Waals surface area contributed by atoms with Crippen molar-refractivity contribution in [3.05, 3.63) is 76.9 Å². The fraction of sp³-hybridized carbons (Fsp3) is 0.167. The van der Waals surface area contributed by atoms with Crippen LogP contribution in [-0.2, 0) is 12.0 Å². The lowest BCUT2D eigenvalue weighted by atomic mass is 9.88. The van der Waals surface area contributed by atoms with E-state index >= 15 is 0 Å². The van der Waals surface area contributed by atoms with Gasteiger partial charge in [0, 0.05) is 22.5 Å². The number of nitrogens with zero attached hydrogens (tertiary/aromatic N) is 1. The van der Waals surface area contributed by atoms with E-state index in [-0.39, 0.29) is 11.3 Å². The number of alkyl halides is 3. The fourth-order valence-corrected chi connectivity index (χ4v) is 2.69. The van der Waals surface area contributed by atoms with Crippen molar-refractivity contribution in [1.82, 2.24) is 4.98 Å². The zero-order chi connectivity index (χ0) is 17.4. The molecule has 24 heavy (non-hydrogen) atoms. The molecule has 3 aromatic rings. The maximum Gasteiger partial charge on any atom is 0.421 e. The second-order valence-electron chi connectivity index (χ2n) is 5.54. The van der Waals surface area contributed by atoms with Crippen LogP contribution in [0.1, 0.15) is 11.3 Å². The lowest BCUT2D eigenvalue weighted by molar-refractivity contribution is -0.266. The Morgan fingerprint density at radius 3 is 2.25 bits per heavy atom. The Morgan fingerprint density at radius 2 is 1.58 bits per heavy atom. The molecule has 2 aromatic carbocycles. The van der Waals surface area contributed by atoms with E-state index in [2.05, 4.69) is 4.98 Å². The third kappa shape index (κ3) is 3.09. The normalized spacial score (nSPS) is 14.5. The average molecular weight is 352 g/mol. The topological polar surface area (TPSA) is 33.1 Å². The molecule has 1 N–H and O–H groups in total. The van der Waals surface area contributed by atoms with E-state index in [1.807, 2.05) is 12.1 Å². The minimum absolute atomic E-state index is 0.156. The molecule has 1 unspecified atom stereocenters. The molecule has 0 aliphatic carbocycles. The number of benzene rings is 2. The highest BCUT2D eigenvalue weighted by molar-refractivity contribution is 6.30. The molecule has 0 radical (unpaired) electrons. The van der Waals surface area contributed by atoms with Crippen LogP contribution in [0.5, 0.6) is 0 Å². The van der Waals surface area contributed by atoms with Gasteiger partial charge in [0.1, 0.15) is 0 Å². The highest BCUT2D eigenvalue weighted by Crippen LogP contribution is 2.41. The standard InChI is InChI=1S/C18H13ClF3NO/c19-14-8-6-13(7-9-14)17(24,18(20,21)22)11-15-10-5-12-3-1-2-4-16(12)23-15/h1-10,24H,11H2. The number of hydrogen-bond donors (Lipinski definition) is 1. The molecule has 2 nitrogen and oxygen atoms in total. The van der Waals surface area contributed by atoms with Crippen molar-refractivity contribution in [2.75, 3.05) is 0 Å². The van der Waals surface area contributed by atoms with Crippen molar-refractivity contribution in [3.63, 3.8) is 0 Å². The van der Waals surface area contributed by atoms with Crippen molar-refractivity contribution >= 4 is 22.5 Å². The molecule has 0 aliphatic rings. The van der Waals surface area contributed by atoms with Crippen LogP contribution in [-0.4, -0.2) is 16.3 Å². The lowest BCUT2D eigenvalue weighted by Crippen LogP contribution is -2.44. The van der Waals surface area contributed by atoms with E-state index in [0.29, 0.717) is 10.5 Å². The van der Waals surface area contributed by atoms with Crippen molar-refractivity contribution < 1.29 is 18.3 Å². The summed E-state index contributed by atoms with van der Waals surface area (Å²) in [6, 6.07) is 15.3. The van der Waals surface area contributed by atoms with Gasteiger partial charge >= 0.3 is 6.18 Å². The quantitative estimate of drug-likeness (QED) is 0.729. The van der Waals surface area contributed by atoms with E-state index in [1.54, 1.807) is 18.2 Å². The number of hydrogen-bond acceptors (Lipinski definition) is 2. The summed E-state index contributed by atoms with van der Waals surface area (Å²) in [7, 11) is 0. The second kappa shape index (κ2) is 6.07. The molecule has 124 valence electrons. The summed E-state index contributed by atoms with van der Waals surface area (Å²) in [4.78, 5) is 4.23. The monoisotopic (exact) mass is 351 g/mol. The van der Waals surface area contributed by atoms with E-state index in [0.717, 1.165) is 5.39 Å². The van der Waals surface area contributed by atoms with Gasteiger partial charge in [0.05, 0.1) is 5.52 Å². The molecule has 6 heteroatoms. The summed E-state index contributed by atoms with van der Waals surface area (Å²) >= 11 is 5.73. The van der Waals surface area contributed by atoms with Gasteiger partial charge in [-0.1, -0.05) is 48.0 Å². The third-order valence-electron chi connectivity index (χ3n) is 3.88. The maximum absolute atomic E-state index is 13.6. The van der Waals surface area contributed by atoms with Crippen LogP contribution >= 0.6 is 11.6 Å². The van der Waals surface area contributed by atoms with E-state index in [1.165, 1.54) is 30.3 Å². The van der Waals surface area contributed by atoms with Crippen LogP contribution in [0.15, 0.2) is 60.7 Å². The number of aromatic nitrogens is 1. The van der Waals surface area contributed by atoms with Gasteiger partial charge in [-0.05, 0) is 29.8 Å². The van der Waals surface area contributed by atoms with Crippen LogP contribution in [0.4, 0.5) is 13.2 Å². The van der Waals surface area contributed by atoms with Crippen LogP contribution in [0.3, 0.4) is 0 Å². The molecule has 1 heterocycles. The number of para-hydroxylation sites is 1. The molecule has 0 aliphatic heterocycles. The molecule has 0 amide bonds. The fourth-order valence-electron chi connectivity index (χ4n) is 2.56. The first-order chi connectivity index (χ1) is 11.3. The van der Waals surface area contributed by atoms with E-state index in [4.69, 9.17) is 11.6 Å². The summed E-state index contributed by atoms with van der Waals surface area (Å²) in [5.41, 5.74) is -2.57. The van der Waals surface area contributed by atoms with Crippen molar-refractivity contribution in [2.24, 2.45) is 0 Å². The predicted octanol–water partition coefficient (Wildman–Crippen LogP) is 4.88. The molecule has 0 bridgehead atoms. The highest BCUT2D eigenvalue weighted by Gasteiger charge is 2.55. The predicted molar refractivity (Wildman–Crippen MR) is 86.9 cm³/mol. The third-order valence-corrected chi connectivity index (χ3v) is 4.14. The molecule has 1 atom stereocenters. The molecule has 0 fully saturated rings. The smallest absolute Gasteiger partial charge is 0.376 e. The van der Waals surface area contributed by atoms with Gasteiger partial charge in [-0.2, -0.15) is 13.2 Å². The molecule has 1 aromatic heterocycles. The number of halogens is 4. The largest absolute Gasteiger partial charge is 0.421 e. The first-order valence-corrected chi connectivity index (χ1v) is 7.57. The van der Waals surface area contributed by atoms with E-state index in [9.17, 15) is 18.3 Å². The van der Waals surface area contributed by atoms with Gasteiger partial charge in [0.25, 0.3) is 0 Å². The van der Waals surface area contributed by atoms with Crippen LogP contribution in [0.2, 0.25) is 5.02 Å². The number of aliphatic hydroxyl groups is 1. The molecular weight excluding hydrogens is 339 g/mol. The average Bonchev–Trinajstić information content (AvgIpc) is 2.54. The SMILES string of the molecule is OC(Cc1ccc2ccccc2n1)(c1ccc(Cl)cc1)C(F)(F)F. The summed E-state index contributed by atoms with van der Waals surface area (Å²) in [6.45, 7) is 0.